The standard InChI is InChI=1S/C16H22N4O2/c1-13(10-20-12-17-11-19-20)16(21)18-9-3-4-14-5-7-15(22-2)8-6-14/h5-8,11-13H,3-4,9-10H2,1-2H3,(H,18,21). The number of aryl methyl sites for hydroxylation is 1. The van der Waals surface area contributed by atoms with Gasteiger partial charge in [0.05, 0.1) is 19.6 Å². The van der Waals surface area contributed by atoms with Crippen molar-refractivity contribution >= 4 is 5.91 Å². The van der Waals surface area contributed by atoms with E-state index < -0.39 is 0 Å². The molecule has 0 saturated heterocycles. The van der Waals surface area contributed by atoms with E-state index in [9.17, 15) is 4.79 Å². The number of methoxy groups -OCH3 is 1. The second-order valence-electron chi connectivity index (χ2n) is 5.26. The Hall–Kier alpha value is -2.37. The molecule has 0 aliphatic carbocycles. The first kappa shape index (κ1) is 16.0. The van der Waals surface area contributed by atoms with E-state index in [1.807, 2.05) is 31.2 Å². The normalized spacial score (nSPS) is 11.9. The van der Waals surface area contributed by atoms with Crippen LogP contribution in [-0.2, 0) is 17.8 Å². The Bertz CT molecular complexity index is 566. The molecule has 0 bridgehead atoms. The minimum absolute atomic E-state index is 0.0465. The summed E-state index contributed by atoms with van der Waals surface area (Å²) < 4.78 is 6.80. The molecule has 2 aromatic rings. The molecule has 1 unspecified atom stereocenters. The number of carbonyl (C=O) groups excluding carboxylic acids is 1. The van der Waals surface area contributed by atoms with Gasteiger partial charge in [-0.25, -0.2) is 4.98 Å². The number of carbonyl (C=O) groups is 1. The van der Waals surface area contributed by atoms with E-state index in [4.69, 9.17) is 4.74 Å². The van der Waals surface area contributed by atoms with Crippen LogP contribution in [0.5, 0.6) is 5.75 Å². The van der Waals surface area contributed by atoms with E-state index in [1.54, 1.807) is 18.1 Å². The Morgan fingerprint density at radius 1 is 1.36 bits per heavy atom. The first-order chi connectivity index (χ1) is 10.7. The lowest BCUT2D eigenvalue weighted by molar-refractivity contribution is -0.124. The number of nitrogens with one attached hydrogen (secondary N) is 1. The Morgan fingerprint density at radius 3 is 2.77 bits per heavy atom. The van der Waals surface area contributed by atoms with Gasteiger partial charge in [-0.15, -0.1) is 0 Å². The molecule has 1 amide bonds. The van der Waals surface area contributed by atoms with Crippen molar-refractivity contribution in [3.63, 3.8) is 0 Å². The first-order valence-electron chi connectivity index (χ1n) is 7.42. The van der Waals surface area contributed by atoms with Crippen LogP contribution in [-0.4, -0.2) is 34.3 Å². The number of amides is 1. The topological polar surface area (TPSA) is 69.0 Å². The summed E-state index contributed by atoms with van der Waals surface area (Å²) in [7, 11) is 1.66. The number of benzene rings is 1. The van der Waals surface area contributed by atoms with E-state index in [0.29, 0.717) is 13.1 Å². The van der Waals surface area contributed by atoms with Crippen molar-refractivity contribution in [1.29, 1.82) is 0 Å². The van der Waals surface area contributed by atoms with Crippen molar-refractivity contribution in [1.82, 2.24) is 20.1 Å². The summed E-state index contributed by atoms with van der Waals surface area (Å²) in [5, 5.41) is 6.97. The fourth-order valence-corrected chi connectivity index (χ4v) is 2.16. The minimum Gasteiger partial charge on any atom is -0.497 e. The molecule has 0 aliphatic heterocycles. The predicted octanol–water partition coefficient (Wildman–Crippen LogP) is 1.67. The van der Waals surface area contributed by atoms with Gasteiger partial charge in [-0.3, -0.25) is 9.48 Å². The first-order valence-corrected chi connectivity index (χ1v) is 7.42. The van der Waals surface area contributed by atoms with Crippen LogP contribution in [0.2, 0.25) is 0 Å². The van der Waals surface area contributed by atoms with Gasteiger partial charge in [0.25, 0.3) is 0 Å². The quantitative estimate of drug-likeness (QED) is 0.753. The molecule has 2 rings (SSSR count). The predicted molar refractivity (Wildman–Crippen MR) is 83.5 cm³/mol. The van der Waals surface area contributed by atoms with E-state index in [0.717, 1.165) is 18.6 Å². The molecular formula is C16H22N4O2. The maximum atomic E-state index is 12.0. The zero-order chi connectivity index (χ0) is 15.8. The fourth-order valence-electron chi connectivity index (χ4n) is 2.16. The van der Waals surface area contributed by atoms with Gasteiger partial charge in [-0.2, -0.15) is 5.10 Å². The molecule has 1 aromatic carbocycles. The monoisotopic (exact) mass is 302 g/mol. The van der Waals surface area contributed by atoms with Crippen LogP contribution >= 0.6 is 0 Å². The molecule has 0 radical (unpaired) electrons. The Balaban J connectivity index is 1.65. The van der Waals surface area contributed by atoms with Gasteiger partial charge in [-0.05, 0) is 30.5 Å². The summed E-state index contributed by atoms with van der Waals surface area (Å²) in [6, 6.07) is 8.00. The molecule has 1 heterocycles. The molecule has 1 aromatic heterocycles. The highest BCUT2D eigenvalue weighted by atomic mass is 16.5. The van der Waals surface area contributed by atoms with Gasteiger partial charge < -0.3 is 10.1 Å². The summed E-state index contributed by atoms with van der Waals surface area (Å²) >= 11 is 0. The number of hydrogen-bond acceptors (Lipinski definition) is 4. The Kier molecular flexibility index (Phi) is 5.94. The van der Waals surface area contributed by atoms with Crippen LogP contribution in [0.1, 0.15) is 18.9 Å². The van der Waals surface area contributed by atoms with E-state index in [1.165, 1.54) is 11.9 Å². The van der Waals surface area contributed by atoms with Crippen molar-refractivity contribution in [2.75, 3.05) is 13.7 Å². The maximum absolute atomic E-state index is 12.0. The third-order valence-electron chi connectivity index (χ3n) is 3.48. The van der Waals surface area contributed by atoms with Gasteiger partial charge in [0, 0.05) is 6.54 Å². The van der Waals surface area contributed by atoms with E-state index in [-0.39, 0.29) is 11.8 Å². The van der Waals surface area contributed by atoms with Crippen LogP contribution < -0.4 is 10.1 Å². The summed E-state index contributed by atoms with van der Waals surface area (Å²) in [5.41, 5.74) is 1.24. The van der Waals surface area contributed by atoms with Gasteiger partial charge in [-0.1, -0.05) is 19.1 Å². The van der Waals surface area contributed by atoms with Crippen molar-refractivity contribution in [3.8, 4) is 5.75 Å². The third kappa shape index (κ3) is 4.87. The smallest absolute Gasteiger partial charge is 0.224 e. The van der Waals surface area contributed by atoms with Gasteiger partial charge in [0.2, 0.25) is 5.91 Å². The Morgan fingerprint density at radius 2 is 2.14 bits per heavy atom. The largest absolute Gasteiger partial charge is 0.497 e. The van der Waals surface area contributed by atoms with Crippen LogP contribution in [0.4, 0.5) is 0 Å². The number of rotatable bonds is 8. The van der Waals surface area contributed by atoms with Gasteiger partial charge in [0.15, 0.2) is 0 Å². The molecular weight excluding hydrogens is 280 g/mol. The zero-order valence-corrected chi connectivity index (χ0v) is 13.0. The molecule has 1 N–H and O–H groups in total. The SMILES string of the molecule is COc1ccc(CCCNC(=O)C(C)Cn2cncn2)cc1. The minimum atomic E-state index is -0.123. The highest BCUT2D eigenvalue weighted by Gasteiger charge is 2.13. The van der Waals surface area contributed by atoms with Gasteiger partial charge in [0.1, 0.15) is 18.4 Å². The number of aromatic nitrogens is 3. The van der Waals surface area contributed by atoms with Crippen molar-refractivity contribution in [3.05, 3.63) is 42.5 Å². The lowest BCUT2D eigenvalue weighted by atomic mass is 10.1. The summed E-state index contributed by atoms with van der Waals surface area (Å²) in [5.74, 6) is 0.784. The zero-order valence-electron chi connectivity index (χ0n) is 13.0. The van der Waals surface area contributed by atoms with E-state index >= 15 is 0 Å². The van der Waals surface area contributed by atoms with Crippen LogP contribution in [0.15, 0.2) is 36.9 Å². The fraction of sp³-hybridized carbons (Fsp3) is 0.438. The van der Waals surface area contributed by atoms with Crippen molar-refractivity contribution in [2.45, 2.75) is 26.3 Å². The lowest BCUT2D eigenvalue weighted by Crippen LogP contribution is -2.32. The van der Waals surface area contributed by atoms with Crippen LogP contribution in [0.25, 0.3) is 0 Å². The van der Waals surface area contributed by atoms with E-state index in [2.05, 4.69) is 15.4 Å². The molecule has 6 heteroatoms. The molecule has 0 fully saturated rings. The number of hydrogen-bond donors (Lipinski definition) is 1. The van der Waals surface area contributed by atoms with Crippen LogP contribution in [0.3, 0.4) is 0 Å². The van der Waals surface area contributed by atoms with Gasteiger partial charge >= 0.3 is 0 Å². The average molecular weight is 302 g/mol. The second kappa shape index (κ2) is 8.17. The lowest BCUT2D eigenvalue weighted by Gasteiger charge is -2.12. The van der Waals surface area contributed by atoms with Crippen LogP contribution in [0, 0.1) is 5.92 Å². The molecule has 0 aliphatic rings. The molecule has 0 saturated carbocycles. The third-order valence-corrected chi connectivity index (χ3v) is 3.48. The average Bonchev–Trinajstić information content (AvgIpc) is 3.04. The molecule has 6 nitrogen and oxygen atoms in total. The highest BCUT2D eigenvalue weighted by molar-refractivity contribution is 5.78. The van der Waals surface area contributed by atoms with Crippen molar-refractivity contribution < 1.29 is 9.53 Å². The molecule has 22 heavy (non-hydrogen) atoms. The maximum Gasteiger partial charge on any atom is 0.224 e. The second-order valence-corrected chi connectivity index (χ2v) is 5.26. The number of nitrogens with zero attached hydrogens (tertiary/aromatic N) is 3. The molecule has 1 atom stereocenters. The molecule has 118 valence electrons. The van der Waals surface area contributed by atoms with Crippen molar-refractivity contribution in [2.24, 2.45) is 5.92 Å². The number of ether oxygens (including phenoxy) is 1. The molecule has 0 spiro atoms. The Labute approximate surface area is 130 Å². The summed E-state index contributed by atoms with van der Waals surface area (Å²) in [6.07, 6.45) is 4.93. The summed E-state index contributed by atoms with van der Waals surface area (Å²) in [6.45, 7) is 3.11. The summed E-state index contributed by atoms with van der Waals surface area (Å²) in [4.78, 5) is 15.8. The highest BCUT2D eigenvalue weighted by Crippen LogP contribution is 2.12.